The second-order valence-electron chi connectivity index (χ2n) is 4.64. The number of halogens is 1. The van der Waals surface area contributed by atoms with Gasteiger partial charge in [0.15, 0.2) is 0 Å². The summed E-state index contributed by atoms with van der Waals surface area (Å²) in [5.74, 6) is 0. The van der Waals surface area contributed by atoms with E-state index in [2.05, 4.69) is 77.6 Å². The second kappa shape index (κ2) is 6.17. The van der Waals surface area contributed by atoms with Crippen molar-refractivity contribution >= 4 is 15.9 Å². The predicted octanol–water partition coefficient (Wildman–Crippen LogP) is 4.61. The fourth-order valence-corrected chi connectivity index (χ4v) is 2.34. The monoisotopic (exact) mass is 303 g/mol. The first-order valence-corrected chi connectivity index (χ1v) is 6.99. The summed E-state index contributed by atoms with van der Waals surface area (Å²) in [5.41, 5.74) is 3.93. The first-order chi connectivity index (χ1) is 8.65. The highest BCUT2D eigenvalue weighted by Gasteiger charge is 2.04. The molecule has 0 aliphatic rings. The van der Waals surface area contributed by atoms with E-state index < -0.39 is 0 Å². The van der Waals surface area contributed by atoms with E-state index >= 15 is 0 Å². The standard InChI is InChI=1S/C16H18BrN/c1-12-6-8-15(9-7-12)13(2)18-11-14-4-3-5-16(17)10-14/h3-10,13,18H,11H2,1-2H3/t13-/m1/s1. The van der Waals surface area contributed by atoms with Crippen LogP contribution in [0.5, 0.6) is 0 Å². The normalized spacial score (nSPS) is 12.4. The molecule has 2 aromatic rings. The van der Waals surface area contributed by atoms with Crippen molar-refractivity contribution < 1.29 is 0 Å². The molecule has 2 rings (SSSR count). The summed E-state index contributed by atoms with van der Waals surface area (Å²) in [6, 6.07) is 17.5. The molecule has 0 spiro atoms. The van der Waals surface area contributed by atoms with Gasteiger partial charge in [0.25, 0.3) is 0 Å². The molecule has 0 saturated heterocycles. The molecule has 0 bridgehead atoms. The smallest absolute Gasteiger partial charge is 0.0294 e. The molecule has 1 nitrogen and oxygen atoms in total. The molecule has 0 aromatic heterocycles. The number of hydrogen-bond donors (Lipinski definition) is 1. The molecule has 0 heterocycles. The molecule has 18 heavy (non-hydrogen) atoms. The van der Waals surface area contributed by atoms with Crippen molar-refractivity contribution in [1.82, 2.24) is 5.32 Å². The Hall–Kier alpha value is -1.12. The quantitative estimate of drug-likeness (QED) is 0.870. The van der Waals surface area contributed by atoms with Crippen LogP contribution in [0.4, 0.5) is 0 Å². The molecule has 0 radical (unpaired) electrons. The van der Waals surface area contributed by atoms with Crippen LogP contribution < -0.4 is 5.32 Å². The Morgan fingerprint density at radius 2 is 1.83 bits per heavy atom. The Balaban J connectivity index is 1.96. The predicted molar refractivity (Wildman–Crippen MR) is 80.6 cm³/mol. The van der Waals surface area contributed by atoms with Crippen molar-refractivity contribution in [1.29, 1.82) is 0 Å². The van der Waals surface area contributed by atoms with Crippen LogP contribution in [0, 0.1) is 6.92 Å². The van der Waals surface area contributed by atoms with Crippen molar-refractivity contribution in [3.05, 3.63) is 69.7 Å². The first kappa shape index (κ1) is 13.3. The Kier molecular flexibility index (Phi) is 4.56. The molecule has 0 fully saturated rings. The number of nitrogens with one attached hydrogen (secondary N) is 1. The zero-order valence-corrected chi connectivity index (χ0v) is 12.4. The SMILES string of the molecule is Cc1ccc([C@@H](C)NCc2cccc(Br)c2)cc1. The van der Waals surface area contributed by atoms with Crippen molar-refractivity contribution in [2.75, 3.05) is 0 Å². The van der Waals surface area contributed by atoms with Crippen molar-refractivity contribution in [2.24, 2.45) is 0 Å². The van der Waals surface area contributed by atoms with E-state index in [-0.39, 0.29) is 0 Å². The van der Waals surface area contributed by atoms with Crippen molar-refractivity contribution in [3.63, 3.8) is 0 Å². The zero-order valence-electron chi connectivity index (χ0n) is 10.8. The van der Waals surface area contributed by atoms with Crippen molar-refractivity contribution in [3.8, 4) is 0 Å². The maximum absolute atomic E-state index is 3.54. The minimum Gasteiger partial charge on any atom is -0.306 e. The lowest BCUT2D eigenvalue weighted by Gasteiger charge is -2.14. The molecule has 0 amide bonds. The van der Waals surface area contributed by atoms with Gasteiger partial charge >= 0.3 is 0 Å². The highest BCUT2D eigenvalue weighted by atomic mass is 79.9. The van der Waals surface area contributed by atoms with Crippen molar-refractivity contribution in [2.45, 2.75) is 26.4 Å². The largest absolute Gasteiger partial charge is 0.306 e. The molecule has 1 atom stereocenters. The minimum atomic E-state index is 0.365. The number of benzene rings is 2. The van der Waals surface area contributed by atoms with E-state index in [9.17, 15) is 0 Å². The third-order valence-corrected chi connectivity index (χ3v) is 3.57. The van der Waals surface area contributed by atoms with Gasteiger partial charge in [-0.05, 0) is 37.1 Å². The molecule has 94 valence electrons. The maximum Gasteiger partial charge on any atom is 0.0294 e. The highest BCUT2D eigenvalue weighted by molar-refractivity contribution is 9.10. The summed E-state index contributed by atoms with van der Waals surface area (Å²) in [5, 5.41) is 3.54. The molecular formula is C16H18BrN. The third-order valence-electron chi connectivity index (χ3n) is 3.08. The molecule has 0 saturated carbocycles. The molecular weight excluding hydrogens is 286 g/mol. The van der Waals surface area contributed by atoms with Gasteiger partial charge in [0.05, 0.1) is 0 Å². The molecule has 0 unspecified atom stereocenters. The van der Waals surface area contributed by atoms with Gasteiger partial charge in [0.2, 0.25) is 0 Å². The Morgan fingerprint density at radius 3 is 2.50 bits per heavy atom. The van der Waals surface area contributed by atoms with Gasteiger partial charge in [-0.1, -0.05) is 57.9 Å². The van der Waals surface area contributed by atoms with Crippen LogP contribution in [0.15, 0.2) is 53.0 Å². The maximum atomic E-state index is 3.54. The van der Waals surface area contributed by atoms with E-state index in [1.165, 1.54) is 16.7 Å². The van der Waals surface area contributed by atoms with E-state index in [0.717, 1.165) is 11.0 Å². The van der Waals surface area contributed by atoms with Gasteiger partial charge in [-0.3, -0.25) is 0 Å². The Morgan fingerprint density at radius 1 is 1.11 bits per heavy atom. The van der Waals surface area contributed by atoms with Crippen LogP contribution in [0.1, 0.15) is 29.7 Å². The molecule has 0 aliphatic heterocycles. The lowest BCUT2D eigenvalue weighted by atomic mass is 10.1. The van der Waals surface area contributed by atoms with Gasteiger partial charge in [-0.2, -0.15) is 0 Å². The summed E-state index contributed by atoms with van der Waals surface area (Å²) in [6.07, 6.45) is 0. The summed E-state index contributed by atoms with van der Waals surface area (Å²) in [6.45, 7) is 5.19. The molecule has 0 aliphatic carbocycles. The van der Waals surface area contributed by atoms with E-state index in [1.807, 2.05) is 6.07 Å². The first-order valence-electron chi connectivity index (χ1n) is 6.19. The third kappa shape index (κ3) is 3.69. The molecule has 1 N–H and O–H groups in total. The number of hydrogen-bond acceptors (Lipinski definition) is 1. The average molecular weight is 304 g/mol. The summed E-state index contributed by atoms with van der Waals surface area (Å²) < 4.78 is 1.13. The summed E-state index contributed by atoms with van der Waals surface area (Å²) >= 11 is 3.49. The second-order valence-corrected chi connectivity index (χ2v) is 5.56. The lowest BCUT2D eigenvalue weighted by molar-refractivity contribution is 0.574. The topological polar surface area (TPSA) is 12.0 Å². The lowest BCUT2D eigenvalue weighted by Crippen LogP contribution is -2.17. The van der Waals surface area contributed by atoms with Crippen LogP contribution >= 0.6 is 15.9 Å². The highest BCUT2D eigenvalue weighted by Crippen LogP contribution is 2.15. The van der Waals surface area contributed by atoms with Crippen LogP contribution in [0.25, 0.3) is 0 Å². The summed E-state index contributed by atoms with van der Waals surface area (Å²) in [7, 11) is 0. The van der Waals surface area contributed by atoms with Crippen LogP contribution in [-0.2, 0) is 6.54 Å². The number of rotatable bonds is 4. The zero-order chi connectivity index (χ0) is 13.0. The van der Waals surface area contributed by atoms with Crippen LogP contribution in [-0.4, -0.2) is 0 Å². The Bertz CT molecular complexity index is 505. The van der Waals surface area contributed by atoms with Gasteiger partial charge in [-0.15, -0.1) is 0 Å². The Labute approximate surface area is 117 Å². The van der Waals surface area contributed by atoms with Gasteiger partial charge in [0.1, 0.15) is 0 Å². The van der Waals surface area contributed by atoms with E-state index in [0.29, 0.717) is 6.04 Å². The van der Waals surface area contributed by atoms with Gasteiger partial charge in [-0.25, -0.2) is 0 Å². The molecule has 2 aromatic carbocycles. The number of aryl methyl sites for hydroxylation is 1. The summed E-state index contributed by atoms with van der Waals surface area (Å²) in [4.78, 5) is 0. The van der Waals surface area contributed by atoms with Gasteiger partial charge < -0.3 is 5.32 Å². The van der Waals surface area contributed by atoms with Gasteiger partial charge in [0, 0.05) is 17.1 Å². The minimum absolute atomic E-state index is 0.365. The van der Waals surface area contributed by atoms with E-state index in [4.69, 9.17) is 0 Å². The fraction of sp³-hybridized carbons (Fsp3) is 0.250. The average Bonchev–Trinajstić information content (AvgIpc) is 2.37. The molecule has 2 heteroatoms. The van der Waals surface area contributed by atoms with E-state index in [1.54, 1.807) is 0 Å². The van der Waals surface area contributed by atoms with Crippen LogP contribution in [0.2, 0.25) is 0 Å². The van der Waals surface area contributed by atoms with Crippen LogP contribution in [0.3, 0.4) is 0 Å². The fourth-order valence-electron chi connectivity index (χ4n) is 1.89.